The number of hydrogen-bond acceptors (Lipinski definition) is 15. The molecule has 0 spiro atoms. The highest BCUT2D eigenvalue weighted by Gasteiger charge is 2.32. The van der Waals surface area contributed by atoms with E-state index in [-0.39, 0.29) is 22.2 Å². The van der Waals surface area contributed by atoms with E-state index >= 15 is 0 Å². The van der Waals surface area contributed by atoms with Crippen molar-refractivity contribution in [1.82, 2.24) is 20.4 Å². The number of thiophene rings is 2. The van der Waals surface area contributed by atoms with Crippen LogP contribution in [-0.4, -0.2) is 126 Å². The molecule has 4 aliphatic rings. The third-order valence-electron chi connectivity index (χ3n) is 13.0. The summed E-state index contributed by atoms with van der Waals surface area (Å²) in [5, 5.41) is 41.2. The first-order valence-corrected chi connectivity index (χ1v) is 25.8. The van der Waals surface area contributed by atoms with Gasteiger partial charge in [0.1, 0.15) is 50.3 Å². The van der Waals surface area contributed by atoms with Crippen molar-refractivity contribution in [3.05, 3.63) is 142 Å². The first kappa shape index (κ1) is 51.2. The maximum Gasteiger partial charge on any atom is 0.293 e. The van der Waals surface area contributed by atoms with Crippen LogP contribution in [0.25, 0.3) is 20.9 Å². The number of nitrogens with one attached hydrogen (secondary N) is 2. The van der Waals surface area contributed by atoms with Crippen molar-refractivity contribution >= 4 is 46.0 Å². The molecule has 10 rings (SSSR count). The number of aliphatic hydroxyl groups excluding tert-OH is 2. The molecule has 73 heavy (non-hydrogen) atoms. The van der Waals surface area contributed by atoms with Crippen LogP contribution >= 0.6 is 22.7 Å². The fourth-order valence-electron chi connectivity index (χ4n) is 9.14. The predicted octanol–water partition coefficient (Wildman–Crippen LogP) is 7.64. The number of benzene rings is 4. The molecular formula is C54H55F2N5O10S2. The maximum atomic E-state index is 13.3. The average molecular weight is 1040 g/mol. The molecule has 2 fully saturated rings. The number of aliphatic hydroxyl groups is 2. The number of fused-ring (bicyclic) bond motifs is 2. The topological polar surface area (TPSA) is 192 Å². The van der Waals surface area contributed by atoms with Gasteiger partial charge < -0.3 is 54.8 Å². The molecule has 4 atom stereocenters. The molecule has 15 nitrogen and oxygen atoms in total. The van der Waals surface area contributed by atoms with Gasteiger partial charge in [-0.2, -0.15) is 0 Å². The molecule has 6 heterocycles. The molecule has 2 amide bonds. The third kappa shape index (κ3) is 12.7. The predicted molar refractivity (Wildman–Crippen MR) is 272 cm³/mol. The Bertz CT molecular complexity index is 2900. The molecular weight excluding hydrogens is 981 g/mol. The number of hydrogen-bond donors (Lipinski definition) is 5. The Kier molecular flexibility index (Phi) is 16.7. The summed E-state index contributed by atoms with van der Waals surface area (Å²) < 4.78 is 49.0. The van der Waals surface area contributed by atoms with E-state index < -0.39 is 41.9 Å². The van der Waals surface area contributed by atoms with Gasteiger partial charge in [-0.05, 0) is 147 Å². The molecule has 19 heteroatoms. The molecule has 2 aromatic heterocycles. The van der Waals surface area contributed by atoms with Crippen LogP contribution in [0, 0.1) is 11.6 Å². The van der Waals surface area contributed by atoms with E-state index in [1.54, 1.807) is 84.9 Å². The van der Waals surface area contributed by atoms with Crippen LogP contribution in [-0.2, 0) is 9.59 Å². The summed E-state index contributed by atoms with van der Waals surface area (Å²) in [6.07, 6.45) is 2.16. The number of likely N-dealkylation sites (tertiary alicyclic amines) is 2. The molecule has 0 aliphatic carbocycles. The SMILES string of the molecule is O=C(N[C@H](CN1CCCC1)[C@H](O)c1ccc2c(c1)OCCO2)/C(=N/O)c1ccc(-c2ccc(F)cc2)s1.O=C(N[C@H](CN1CCCC1)[C@H](O)c1ccc2c(c1)OCCO2)C(=O)c1ccc(-c2ccc(F)cc2)s1. The summed E-state index contributed by atoms with van der Waals surface area (Å²) in [6.45, 7) is 6.16. The van der Waals surface area contributed by atoms with Crippen molar-refractivity contribution in [1.29, 1.82) is 0 Å². The number of amides is 2. The highest BCUT2D eigenvalue weighted by atomic mass is 32.1. The first-order valence-electron chi connectivity index (χ1n) is 24.2. The van der Waals surface area contributed by atoms with Gasteiger partial charge in [0.15, 0.2) is 28.7 Å². The average Bonchev–Trinajstić information content (AvgIpc) is 4.29. The van der Waals surface area contributed by atoms with Crippen molar-refractivity contribution in [3.8, 4) is 43.9 Å². The zero-order valence-corrected chi connectivity index (χ0v) is 41.3. The highest BCUT2D eigenvalue weighted by Crippen LogP contribution is 2.36. The van der Waals surface area contributed by atoms with Crippen molar-refractivity contribution < 1.29 is 57.5 Å². The molecule has 4 aromatic carbocycles. The van der Waals surface area contributed by atoms with Crippen LogP contribution in [0.4, 0.5) is 8.78 Å². The number of rotatable bonds is 16. The molecule has 0 unspecified atom stereocenters. The summed E-state index contributed by atoms with van der Waals surface area (Å²) in [4.78, 5) is 45.9. The summed E-state index contributed by atoms with van der Waals surface area (Å²) in [5.41, 5.74) is 2.56. The number of ether oxygens (including phenoxy) is 4. The Hall–Kier alpha value is -6.74. The van der Waals surface area contributed by atoms with E-state index in [9.17, 15) is 38.6 Å². The van der Waals surface area contributed by atoms with Gasteiger partial charge in [-0.3, -0.25) is 14.4 Å². The smallest absolute Gasteiger partial charge is 0.293 e. The second-order valence-electron chi connectivity index (χ2n) is 18.0. The molecule has 0 radical (unpaired) electrons. The number of oxime groups is 1. The van der Waals surface area contributed by atoms with E-state index in [2.05, 4.69) is 25.6 Å². The van der Waals surface area contributed by atoms with Crippen LogP contribution in [0.15, 0.2) is 114 Å². The highest BCUT2D eigenvalue weighted by molar-refractivity contribution is 7.18. The Morgan fingerprint density at radius 1 is 0.548 bits per heavy atom. The van der Waals surface area contributed by atoms with Crippen LogP contribution < -0.4 is 29.6 Å². The summed E-state index contributed by atoms with van der Waals surface area (Å²) >= 11 is 2.43. The summed E-state index contributed by atoms with van der Waals surface area (Å²) in [5.74, 6) is -0.391. The largest absolute Gasteiger partial charge is 0.486 e. The van der Waals surface area contributed by atoms with Crippen molar-refractivity contribution in [2.75, 3.05) is 65.7 Å². The Balaban J connectivity index is 0.000000180. The van der Waals surface area contributed by atoms with Crippen LogP contribution in [0.2, 0.25) is 0 Å². The van der Waals surface area contributed by atoms with E-state index in [0.29, 0.717) is 78.5 Å². The Morgan fingerprint density at radius 2 is 0.959 bits per heavy atom. The normalized spacial score (nSPS) is 17.2. The first-order chi connectivity index (χ1) is 35.5. The van der Waals surface area contributed by atoms with Gasteiger partial charge in [0.2, 0.25) is 0 Å². The van der Waals surface area contributed by atoms with E-state index in [4.69, 9.17) is 18.9 Å². The quantitative estimate of drug-likeness (QED) is 0.0210. The molecule has 4 aliphatic heterocycles. The number of ketones is 1. The minimum Gasteiger partial charge on any atom is -0.486 e. The number of halogens is 2. The van der Waals surface area contributed by atoms with Crippen molar-refractivity contribution in [2.24, 2.45) is 5.16 Å². The van der Waals surface area contributed by atoms with Gasteiger partial charge in [-0.25, -0.2) is 8.78 Å². The monoisotopic (exact) mass is 1040 g/mol. The fraction of sp³-hybridized carbons (Fsp3) is 0.333. The zero-order chi connectivity index (χ0) is 50.8. The molecule has 6 aromatic rings. The lowest BCUT2D eigenvalue weighted by Crippen LogP contribution is -2.48. The standard InChI is InChI=1S/C27H28FN3O5S.C27H27FN2O5S/c28-19-6-3-17(4-7-19)23-9-10-24(37-23)25(30-34)27(33)29-20(16-31-11-1-2-12-31)26(32)18-5-8-21-22(15-18)36-14-13-35-21;28-19-6-3-17(4-7-19)23-9-10-24(36-23)26(32)27(33)29-20(16-30-11-1-2-12-30)25(31)18-5-8-21-22(15-18)35-14-13-34-21/h3-10,15,20,26,32,34H,1-2,11-14,16H2,(H,29,33);3-10,15,20,25,31H,1-2,11-14,16H2,(H,29,33)/b30-25+;/t20-,26-;20-,25-/m11/s1. The molecule has 0 bridgehead atoms. The van der Waals surface area contributed by atoms with Gasteiger partial charge in [-0.1, -0.05) is 41.6 Å². The van der Waals surface area contributed by atoms with Gasteiger partial charge in [0.25, 0.3) is 17.6 Å². The van der Waals surface area contributed by atoms with Gasteiger partial charge >= 0.3 is 0 Å². The number of Topliss-reactive ketones (excluding diaryl/α,β-unsaturated/α-hetero) is 1. The second kappa shape index (κ2) is 23.9. The molecule has 0 saturated carbocycles. The van der Waals surface area contributed by atoms with E-state index in [1.165, 1.54) is 46.9 Å². The lowest BCUT2D eigenvalue weighted by Gasteiger charge is -2.29. The third-order valence-corrected chi connectivity index (χ3v) is 15.2. The maximum absolute atomic E-state index is 13.3. The van der Waals surface area contributed by atoms with Crippen LogP contribution in [0.3, 0.4) is 0 Å². The van der Waals surface area contributed by atoms with E-state index in [0.717, 1.165) is 72.7 Å². The fourth-order valence-corrected chi connectivity index (χ4v) is 11.1. The number of carbonyl (C=O) groups is 3. The van der Waals surface area contributed by atoms with Gasteiger partial charge in [-0.15, -0.1) is 22.7 Å². The molecule has 5 N–H and O–H groups in total. The van der Waals surface area contributed by atoms with Crippen LogP contribution in [0.5, 0.6) is 23.0 Å². The van der Waals surface area contributed by atoms with Gasteiger partial charge in [0, 0.05) is 22.8 Å². The molecule has 2 saturated heterocycles. The Labute approximate surface area is 428 Å². The van der Waals surface area contributed by atoms with Crippen molar-refractivity contribution in [2.45, 2.75) is 50.0 Å². The van der Waals surface area contributed by atoms with Gasteiger partial charge in [0.05, 0.1) is 21.8 Å². The Morgan fingerprint density at radius 3 is 1.41 bits per heavy atom. The lowest BCUT2D eigenvalue weighted by molar-refractivity contribution is -0.118. The minimum absolute atomic E-state index is 0.154. The second-order valence-corrected chi connectivity index (χ2v) is 20.2. The molecule has 382 valence electrons. The number of nitrogens with zero attached hydrogens (tertiary/aromatic N) is 3. The van der Waals surface area contributed by atoms with E-state index in [1.807, 2.05) is 0 Å². The zero-order valence-electron chi connectivity index (χ0n) is 39.7. The lowest BCUT2D eigenvalue weighted by atomic mass is 10.0. The number of carbonyl (C=O) groups excluding carboxylic acids is 3. The summed E-state index contributed by atoms with van der Waals surface area (Å²) in [7, 11) is 0. The minimum atomic E-state index is -1.05. The van der Waals surface area contributed by atoms with Crippen LogP contribution in [0.1, 0.15) is 63.6 Å². The summed E-state index contributed by atoms with van der Waals surface area (Å²) in [6, 6.07) is 27.9. The van der Waals surface area contributed by atoms with Crippen molar-refractivity contribution in [3.63, 3.8) is 0 Å².